The second kappa shape index (κ2) is 6.07. The average Bonchev–Trinajstić information content (AvgIpc) is 2.36. The first-order valence-corrected chi connectivity index (χ1v) is 8.24. The third kappa shape index (κ3) is 4.16. The van der Waals surface area contributed by atoms with Crippen molar-refractivity contribution in [3.05, 3.63) is 57.5 Å². The maximum Gasteiger partial charge on any atom is 0.237 e. The highest BCUT2D eigenvalue weighted by Crippen LogP contribution is 2.24. The summed E-state index contributed by atoms with van der Waals surface area (Å²) >= 11 is 9.00. The molecule has 2 rings (SSSR count). The molecule has 0 aliphatic rings. The third-order valence-electron chi connectivity index (χ3n) is 2.34. The van der Waals surface area contributed by atoms with Gasteiger partial charge < -0.3 is 0 Å². The highest BCUT2D eigenvalue weighted by atomic mass is 79.9. The quantitative estimate of drug-likeness (QED) is 0.826. The van der Waals surface area contributed by atoms with Crippen LogP contribution in [0, 0.1) is 5.82 Å². The number of hydrogen-bond acceptors (Lipinski definition) is 3. The summed E-state index contributed by atoms with van der Waals surface area (Å²) in [6, 6.07) is 6.75. The normalized spacial score (nSPS) is 11.3. The van der Waals surface area contributed by atoms with Crippen LogP contribution >= 0.6 is 27.5 Å². The minimum atomic E-state index is -3.66. The molecule has 0 saturated carbocycles. The largest absolute Gasteiger partial charge is 0.280 e. The number of rotatable bonds is 4. The summed E-state index contributed by atoms with van der Waals surface area (Å²) in [5, 5.41) is 0.0517. The number of pyridine rings is 1. The predicted octanol–water partition coefficient (Wildman–Crippen LogP) is 3.58. The second-order valence-corrected chi connectivity index (χ2v) is 6.98. The highest BCUT2D eigenvalue weighted by molar-refractivity contribution is 9.10. The summed E-state index contributed by atoms with van der Waals surface area (Å²) in [6.45, 7) is 0. The third-order valence-corrected chi connectivity index (χ3v) is 4.32. The molecule has 0 spiro atoms. The Bertz CT molecular complexity index is 723. The first-order valence-electron chi connectivity index (χ1n) is 5.42. The number of benzene rings is 1. The summed E-state index contributed by atoms with van der Waals surface area (Å²) in [5.41, 5.74) is 0.654. The Hall–Kier alpha value is -1.18. The molecule has 0 aliphatic heterocycles. The van der Waals surface area contributed by atoms with Gasteiger partial charge in [0, 0.05) is 10.7 Å². The fourth-order valence-corrected chi connectivity index (χ4v) is 3.23. The van der Waals surface area contributed by atoms with Gasteiger partial charge in [0.25, 0.3) is 0 Å². The number of sulfonamides is 1. The van der Waals surface area contributed by atoms with E-state index in [-0.39, 0.29) is 16.6 Å². The summed E-state index contributed by atoms with van der Waals surface area (Å²) in [5.74, 6) is -0.700. The number of nitrogens with one attached hydrogen (secondary N) is 1. The lowest BCUT2D eigenvalue weighted by atomic mass is 10.2. The van der Waals surface area contributed by atoms with Gasteiger partial charge in [0.05, 0.1) is 11.4 Å². The Morgan fingerprint density at radius 3 is 2.60 bits per heavy atom. The maximum absolute atomic E-state index is 12.8. The van der Waals surface area contributed by atoms with E-state index in [4.69, 9.17) is 11.6 Å². The van der Waals surface area contributed by atoms with Crippen LogP contribution in [0.25, 0.3) is 0 Å². The Kier molecular flexibility index (Phi) is 4.62. The van der Waals surface area contributed by atoms with Crippen molar-refractivity contribution in [3.8, 4) is 0 Å². The number of hydrogen-bond donors (Lipinski definition) is 1. The van der Waals surface area contributed by atoms with Gasteiger partial charge >= 0.3 is 0 Å². The minimum Gasteiger partial charge on any atom is -0.280 e. The summed E-state index contributed by atoms with van der Waals surface area (Å²) in [4.78, 5) is 3.82. The molecule has 0 amide bonds. The molecule has 0 atom stereocenters. The van der Waals surface area contributed by atoms with E-state index in [1.165, 1.54) is 36.5 Å². The maximum atomic E-state index is 12.8. The van der Waals surface area contributed by atoms with E-state index in [9.17, 15) is 12.8 Å². The number of nitrogens with zero attached hydrogens (tertiary/aromatic N) is 1. The number of halogens is 3. The zero-order valence-corrected chi connectivity index (χ0v) is 13.1. The first-order chi connectivity index (χ1) is 9.35. The van der Waals surface area contributed by atoms with Crippen LogP contribution in [0.3, 0.4) is 0 Å². The van der Waals surface area contributed by atoms with Crippen LogP contribution in [0.15, 0.2) is 41.0 Å². The summed E-state index contributed by atoms with van der Waals surface area (Å²) in [7, 11) is -3.66. The molecule has 106 valence electrons. The fraction of sp³-hybridized carbons (Fsp3) is 0.0833. The number of anilines is 1. The van der Waals surface area contributed by atoms with Crippen LogP contribution < -0.4 is 4.72 Å². The van der Waals surface area contributed by atoms with Crippen LogP contribution in [0.4, 0.5) is 10.1 Å². The zero-order chi connectivity index (χ0) is 14.8. The van der Waals surface area contributed by atoms with E-state index >= 15 is 0 Å². The predicted molar refractivity (Wildman–Crippen MR) is 79.6 cm³/mol. The molecule has 1 heterocycles. The Morgan fingerprint density at radius 2 is 1.95 bits per heavy atom. The average molecular weight is 380 g/mol. The molecule has 0 fully saturated rings. The number of aromatic nitrogens is 1. The molecule has 2 aromatic rings. The van der Waals surface area contributed by atoms with Gasteiger partial charge in [-0.2, -0.15) is 0 Å². The van der Waals surface area contributed by atoms with E-state index in [2.05, 4.69) is 25.6 Å². The standard InChI is InChI=1S/C12H9BrClFN2O2S/c13-9-5-11(12(14)16-6-9)17-20(18,19)7-8-1-3-10(15)4-2-8/h1-6,17H,7H2. The molecule has 8 heteroatoms. The second-order valence-electron chi connectivity index (χ2n) is 3.98. The molecule has 20 heavy (non-hydrogen) atoms. The Labute approximate surface area is 129 Å². The summed E-state index contributed by atoms with van der Waals surface area (Å²) < 4.78 is 39.7. The van der Waals surface area contributed by atoms with Crippen molar-refractivity contribution in [2.45, 2.75) is 5.75 Å². The van der Waals surface area contributed by atoms with Gasteiger partial charge in [-0.3, -0.25) is 4.72 Å². The van der Waals surface area contributed by atoms with Gasteiger partial charge in [0.2, 0.25) is 10.0 Å². The molecule has 0 bridgehead atoms. The molecule has 0 aliphatic carbocycles. The van der Waals surface area contributed by atoms with Crippen LogP contribution in [0.2, 0.25) is 5.15 Å². The molecular formula is C12H9BrClFN2O2S. The van der Waals surface area contributed by atoms with Crippen LogP contribution in [-0.2, 0) is 15.8 Å². The van der Waals surface area contributed by atoms with Gasteiger partial charge in [0.1, 0.15) is 5.82 Å². The highest BCUT2D eigenvalue weighted by Gasteiger charge is 2.14. The van der Waals surface area contributed by atoms with Gasteiger partial charge in [-0.1, -0.05) is 23.7 Å². The molecule has 0 saturated heterocycles. The lowest BCUT2D eigenvalue weighted by Crippen LogP contribution is -2.15. The van der Waals surface area contributed by atoms with Gasteiger partial charge in [-0.25, -0.2) is 17.8 Å². The smallest absolute Gasteiger partial charge is 0.237 e. The molecule has 1 aromatic carbocycles. The van der Waals surface area contributed by atoms with E-state index < -0.39 is 15.8 Å². The van der Waals surface area contributed by atoms with Crippen LogP contribution in [-0.4, -0.2) is 13.4 Å². The monoisotopic (exact) mass is 378 g/mol. The topological polar surface area (TPSA) is 59.1 Å². The van der Waals surface area contributed by atoms with Gasteiger partial charge in [-0.05, 0) is 39.7 Å². The molecule has 4 nitrogen and oxygen atoms in total. The summed E-state index contributed by atoms with van der Waals surface area (Å²) in [6.07, 6.45) is 1.46. The Balaban J connectivity index is 2.19. The molecule has 0 unspecified atom stereocenters. The molecule has 0 radical (unpaired) electrons. The lowest BCUT2D eigenvalue weighted by Gasteiger charge is -2.09. The lowest BCUT2D eigenvalue weighted by molar-refractivity contribution is 0.600. The van der Waals surface area contributed by atoms with Crippen molar-refractivity contribution in [1.29, 1.82) is 0 Å². The van der Waals surface area contributed by atoms with Crippen molar-refractivity contribution in [2.75, 3.05) is 4.72 Å². The van der Waals surface area contributed by atoms with Crippen molar-refractivity contribution in [1.82, 2.24) is 4.98 Å². The van der Waals surface area contributed by atoms with Crippen molar-refractivity contribution < 1.29 is 12.8 Å². The van der Waals surface area contributed by atoms with E-state index in [1.807, 2.05) is 0 Å². The first kappa shape index (κ1) is 15.2. The Morgan fingerprint density at radius 1 is 1.30 bits per heavy atom. The zero-order valence-electron chi connectivity index (χ0n) is 9.98. The van der Waals surface area contributed by atoms with Gasteiger partial charge in [0.15, 0.2) is 5.15 Å². The van der Waals surface area contributed by atoms with Crippen molar-refractivity contribution in [3.63, 3.8) is 0 Å². The fourth-order valence-electron chi connectivity index (χ4n) is 1.50. The van der Waals surface area contributed by atoms with Gasteiger partial charge in [-0.15, -0.1) is 0 Å². The molecular weight excluding hydrogens is 371 g/mol. The van der Waals surface area contributed by atoms with Crippen LogP contribution in [0.5, 0.6) is 0 Å². The SMILES string of the molecule is O=S(=O)(Cc1ccc(F)cc1)Nc1cc(Br)cnc1Cl. The van der Waals surface area contributed by atoms with Crippen molar-refractivity contribution >= 4 is 43.2 Å². The van der Waals surface area contributed by atoms with E-state index in [0.29, 0.717) is 10.0 Å². The van der Waals surface area contributed by atoms with Crippen LogP contribution in [0.1, 0.15) is 5.56 Å². The van der Waals surface area contributed by atoms with E-state index in [0.717, 1.165) is 0 Å². The molecule has 1 N–H and O–H groups in total. The molecule has 1 aromatic heterocycles. The van der Waals surface area contributed by atoms with Crippen molar-refractivity contribution in [2.24, 2.45) is 0 Å². The minimum absolute atomic E-state index is 0.0517. The van der Waals surface area contributed by atoms with E-state index in [1.54, 1.807) is 0 Å².